The van der Waals surface area contributed by atoms with Crippen LogP contribution < -0.4 is 16.8 Å². The molecule has 0 saturated heterocycles. The van der Waals surface area contributed by atoms with Crippen LogP contribution in [-0.4, -0.2) is 23.9 Å². The summed E-state index contributed by atoms with van der Waals surface area (Å²) >= 11 is 1.41. The molecule has 1 amide bonds. The van der Waals surface area contributed by atoms with Crippen LogP contribution in [0.4, 0.5) is 5.13 Å². The number of nitrogens with one attached hydrogen (secondary N) is 1. The monoisotopic (exact) mass is 255 g/mol. The van der Waals surface area contributed by atoms with E-state index in [2.05, 4.69) is 15.3 Å². The summed E-state index contributed by atoms with van der Waals surface area (Å²) in [6, 6.07) is 0. The molecule has 0 aliphatic carbocycles. The zero-order chi connectivity index (χ0) is 12.7. The summed E-state index contributed by atoms with van der Waals surface area (Å²) in [6.07, 6.45) is 3.18. The molecule has 0 bridgehead atoms. The Morgan fingerprint density at radius 2 is 2.29 bits per heavy atom. The first kappa shape index (κ1) is 13.4. The molecule has 0 aliphatic heterocycles. The minimum atomic E-state index is 0.0190. The Bertz CT molecular complexity index is 397. The molecule has 1 rings (SSSR count). The van der Waals surface area contributed by atoms with Crippen LogP contribution in [0.2, 0.25) is 0 Å². The van der Waals surface area contributed by atoms with Crippen LogP contribution in [0.3, 0.4) is 0 Å². The van der Waals surface area contributed by atoms with Crippen LogP contribution in [-0.2, 0) is 11.2 Å². The molecule has 0 aliphatic rings. The maximum Gasteiger partial charge on any atom is 0.219 e. The summed E-state index contributed by atoms with van der Waals surface area (Å²) < 4.78 is 0. The molecule has 0 unspecified atom stereocenters. The SMILES string of the molecule is CNC(=O)CCCCc1csc(N=C(N)N)n1. The summed E-state index contributed by atoms with van der Waals surface area (Å²) in [5.41, 5.74) is 11.5. The number of aliphatic imine (C=N–C) groups is 1. The zero-order valence-electron chi connectivity index (χ0n) is 9.77. The van der Waals surface area contributed by atoms with Crippen LogP contribution in [0, 0.1) is 0 Å². The van der Waals surface area contributed by atoms with Gasteiger partial charge in [0.05, 0.1) is 5.69 Å². The first-order chi connectivity index (χ1) is 8.11. The van der Waals surface area contributed by atoms with Gasteiger partial charge in [0.25, 0.3) is 0 Å². The Morgan fingerprint density at radius 1 is 1.53 bits per heavy atom. The first-order valence-corrected chi connectivity index (χ1v) is 6.24. The van der Waals surface area contributed by atoms with Crippen molar-refractivity contribution in [2.75, 3.05) is 7.05 Å². The third-order valence-corrected chi connectivity index (χ3v) is 2.91. The number of hydrogen-bond acceptors (Lipinski definition) is 4. The second-order valence-electron chi connectivity index (χ2n) is 3.54. The molecule has 5 N–H and O–H groups in total. The van der Waals surface area contributed by atoms with Crippen LogP contribution in [0.25, 0.3) is 0 Å². The molecule has 1 aromatic rings. The predicted octanol–water partition coefficient (Wildman–Crippen LogP) is 0.507. The van der Waals surface area contributed by atoms with Gasteiger partial charge in [-0.15, -0.1) is 11.3 Å². The number of nitrogens with two attached hydrogens (primary N) is 2. The fraction of sp³-hybridized carbons (Fsp3) is 0.500. The van der Waals surface area contributed by atoms with E-state index in [1.165, 1.54) is 11.3 Å². The van der Waals surface area contributed by atoms with Gasteiger partial charge in [-0.1, -0.05) is 0 Å². The van der Waals surface area contributed by atoms with Crippen molar-refractivity contribution < 1.29 is 4.79 Å². The van der Waals surface area contributed by atoms with Crippen LogP contribution in [0.1, 0.15) is 25.0 Å². The number of amides is 1. The van der Waals surface area contributed by atoms with Gasteiger partial charge in [-0.05, 0) is 19.3 Å². The van der Waals surface area contributed by atoms with Crippen molar-refractivity contribution in [3.8, 4) is 0 Å². The van der Waals surface area contributed by atoms with Gasteiger partial charge >= 0.3 is 0 Å². The lowest BCUT2D eigenvalue weighted by atomic mass is 10.1. The molecule has 0 saturated carbocycles. The summed E-state index contributed by atoms with van der Waals surface area (Å²) in [5.74, 6) is 0.0926. The lowest BCUT2D eigenvalue weighted by Crippen LogP contribution is -2.21. The summed E-state index contributed by atoms with van der Waals surface area (Å²) in [4.78, 5) is 19.1. The quantitative estimate of drug-likeness (QED) is 0.391. The Morgan fingerprint density at radius 3 is 2.94 bits per heavy atom. The molecule has 1 heterocycles. The summed E-state index contributed by atoms with van der Waals surface area (Å²) in [5, 5.41) is 5.10. The standard InChI is InChI=1S/C10H17N5OS/c1-13-8(16)5-3-2-4-7-6-17-10(14-7)15-9(11)12/h6H,2-5H2,1H3,(H,13,16)(H4,11,12,14,15). The van der Waals surface area contributed by atoms with E-state index >= 15 is 0 Å². The predicted molar refractivity (Wildman–Crippen MR) is 69.2 cm³/mol. The largest absolute Gasteiger partial charge is 0.370 e. The van der Waals surface area contributed by atoms with E-state index in [0.29, 0.717) is 11.6 Å². The van der Waals surface area contributed by atoms with E-state index < -0.39 is 0 Å². The van der Waals surface area contributed by atoms with Gasteiger partial charge in [-0.25, -0.2) is 4.98 Å². The van der Waals surface area contributed by atoms with E-state index in [9.17, 15) is 4.79 Å². The maximum absolute atomic E-state index is 11.0. The number of aromatic nitrogens is 1. The van der Waals surface area contributed by atoms with Crippen molar-refractivity contribution in [2.45, 2.75) is 25.7 Å². The van der Waals surface area contributed by atoms with Crippen molar-refractivity contribution in [3.05, 3.63) is 11.1 Å². The van der Waals surface area contributed by atoms with Gasteiger partial charge in [0, 0.05) is 18.8 Å². The molecule has 6 nitrogen and oxygen atoms in total. The van der Waals surface area contributed by atoms with Crippen LogP contribution in [0.15, 0.2) is 10.4 Å². The molecule has 0 aromatic carbocycles. The van der Waals surface area contributed by atoms with Crippen LogP contribution in [0.5, 0.6) is 0 Å². The van der Waals surface area contributed by atoms with Gasteiger partial charge < -0.3 is 16.8 Å². The highest BCUT2D eigenvalue weighted by Crippen LogP contribution is 2.19. The molecule has 94 valence electrons. The van der Waals surface area contributed by atoms with Crippen molar-refractivity contribution >= 4 is 28.3 Å². The van der Waals surface area contributed by atoms with Crippen molar-refractivity contribution in [3.63, 3.8) is 0 Å². The van der Waals surface area contributed by atoms with E-state index in [-0.39, 0.29) is 11.9 Å². The lowest BCUT2D eigenvalue weighted by Gasteiger charge is -1.98. The highest BCUT2D eigenvalue weighted by molar-refractivity contribution is 7.13. The average Bonchev–Trinajstić information content (AvgIpc) is 2.70. The Hall–Kier alpha value is -1.63. The molecule has 0 fully saturated rings. The lowest BCUT2D eigenvalue weighted by molar-refractivity contribution is -0.120. The molecule has 7 heteroatoms. The number of hydrogen-bond donors (Lipinski definition) is 3. The fourth-order valence-corrected chi connectivity index (χ4v) is 2.03. The smallest absolute Gasteiger partial charge is 0.219 e. The minimum Gasteiger partial charge on any atom is -0.370 e. The van der Waals surface area contributed by atoms with Gasteiger partial charge in [-0.2, -0.15) is 4.99 Å². The minimum absolute atomic E-state index is 0.0190. The normalized spacial score (nSPS) is 9.94. The molecular formula is C10H17N5OS. The molecule has 0 radical (unpaired) electrons. The molecule has 17 heavy (non-hydrogen) atoms. The highest BCUT2D eigenvalue weighted by atomic mass is 32.1. The number of carbonyl (C=O) groups excluding carboxylic acids is 1. The van der Waals surface area contributed by atoms with Gasteiger partial charge in [0.15, 0.2) is 5.96 Å². The summed E-state index contributed by atoms with van der Waals surface area (Å²) in [7, 11) is 1.64. The van der Waals surface area contributed by atoms with Gasteiger partial charge in [0.2, 0.25) is 11.0 Å². The second-order valence-corrected chi connectivity index (χ2v) is 4.37. The maximum atomic E-state index is 11.0. The number of guanidine groups is 1. The first-order valence-electron chi connectivity index (χ1n) is 5.36. The third-order valence-electron chi connectivity index (χ3n) is 2.13. The van der Waals surface area contributed by atoms with Gasteiger partial charge in [0.1, 0.15) is 0 Å². The Balaban J connectivity index is 2.30. The van der Waals surface area contributed by atoms with E-state index in [4.69, 9.17) is 11.5 Å². The Labute approximate surface area is 104 Å². The van der Waals surface area contributed by atoms with E-state index in [1.807, 2.05) is 5.38 Å². The number of thiazole rings is 1. The second kappa shape index (κ2) is 6.85. The molecule has 0 atom stereocenters. The summed E-state index contributed by atoms with van der Waals surface area (Å²) in [6.45, 7) is 0. The fourth-order valence-electron chi connectivity index (χ4n) is 1.29. The average molecular weight is 255 g/mol. The zero-order valence-corrected chi connectivity index (χ0v) is 10.6. The number of unbranched alkanes of at least 4 members (excludes halogenated alkanes) is 1. The van der Waals surface area contributed by atoms with E-state index in [0.717, 1.165) is 25.0 Å². The van der Waals surface area contributed by atoms with Crippen LogP contribution >= 0.6 is 11.3 Å². The number of aryl methyl sites for hydroxylation is 1. The van der Waals surface area contributed by atoms with Crippen molar-refractivity contribution in [1.29, 1.82) is 0 Å². The van der Waals surface area contributed by atoms with Crippen molar-refractivity contribution in [1.82, 2.24) is 10.3 Å². The third kappa shape index (κ3) is 5.30. The van der Waals surface area contributed by atoms with Crippen molar-refractivity contribution in [2.24, 2.45) is 16.5 Å². The van der Waals surface area contributed by atoms with Gasteiger partial charge in [-0.3, -0.25) is 4.79 Å². The highest BCUT2D eigenvalue weighted by Gasteiger charge is 2.02. The Kier molecular flexibility index (Phi) is 5.41. The van der Waals surface area contributed by atoms with E-state index in [1.54, 1.807) is 7.05 Å². The number of carbonyl (C=O) groups is 1. The topological polar surface area (TPSA) is 106 Å². The number of nitrogens with zero attached hydrogens (tertiary/aromatic N) is 2. The molecule has 1 aromatic heterocycles. The molecular weight excluding hydrogens is 238 g/mol. The number of rotatable bonds is 6. The molecule has 0 spiro atoms.